The van der Waals surface area contributed by atoms with Gasteiger partial charge in [0.15, 0.2) is 0 Å². The summed E-state index contributed by atoms with van der Waals surface area (Å²) >= 11 is 0. The Morgan fingerprint density at radius 3 is 2.54 bits per heavy atom. The van der Waals surface area contributed by atoms with Gasteiger partial charge in [-0.05, 0) is 31.2 Å². The number of carbonyl (C=O) groups excluding carboxylic acids is 3. The number of nitrogens with one attached hydrogen (secondary N) is 3. The number of rotatable bonds is 7. The van der Waals surface area contributed by atoms with Crippen LogP contribution in [0.1, 0.15) is 18.1 Å². The minimum absolute atomic E-state index is 0.0460. The van der Waals surface area contributed by atoms with E-state index < -0.39 is 47.3 Å². The molecule has 3 aromatic rings. The Hall–Kier alpha value is -4.15. The topological polar surface area (TPSA) is 113 Å². The van der Waals surface area contributed by atoms with Gasteiger partial charge in [-0.3, -0.25) is 14.4 Å². The van der Waals surface area contributed by atoms with Crippen molar-refractivity contribution in [3.05, 3.63) is 65.9 Å². The number of fused-ring (bicyclic) bond motifs is 1. The van der Waals surface area contributed by atoms with Crippen LogP contribution in [-0.4, -0.2) is 35.6 Å². The molecule has 3 atom stereocenters. The molecule has 0 saturated heterocycles. The van der Waals surface area contributed by atoms with Crippen LogP contribution in [0, 0.1) is 17.8 Å². The van der Waals surface area contributed by atoms with Crippen LogP contribution in [0.2, 0.25) is 0 Å². The summed E-state index contributed by atoms with van der Waals surface area (Å²) in [5.74, 6) is -5.42. The number of aromatic nitrogens is 1. The molecule has 1 aromatic heterocycles. The number of alkyl halides is 3. The number of hydrogen-bond acceptors (Lipinski definition) is 5. The molecule has 1 saturated carbocycles. The second kappa shape index (κ2) is 9.61. The summed E-state index contributed by atoms with van der Waals surface area (Å²) < 4.78 is 43.8. The summed E-state index contributed by atoms with van der Waals surface area (Å²) in [4.78, 5) is 40.8. The van der Waals surface area contributed by atoms with Gasteiger partial charge in [-0.25, -0.2) is 5.43 Å². The molecule has 1 aliphatic carbocycles. The van der Waals surface area contributed by atoms with Crippen molar-refractivity contribution >= 4 is 40.6 Å². The Kier molecular flexibility index (Phi) is 6.59. The van der Waals surface area contributed by atoms with Gasteiger partial charge in [0.25, 0.3) is 0 Å². The standard InChI is InChI=1S/C24H21F3N4O4/c1-2-35-23(34)20-18(21(32)30-15-7-5-6-14(10-15)24(25,26)27)19(20)22(33)31-29-12-13-11-28-17-9-4-3-8-16(13)17/h3-12,18-20,28H,2H2,1H3,(H,30,32)(H,31,33)/b29-12+/t18-,19-,20+/m1/s1. The van der Waals surface area contributed by atoms with Gasteiger partial charge in [0.05, 0.1) is 36.1 Å². The fourth-order valence-corrected chi connectivity index (χ4v) is 3.93. The number of nitrogens with zero attached hydrogens (tertiary/aromatic N) is 1. The van der Waals surface area contributed by atoms with Crippen LogP contribution in [0.15, 0.2) is 59.8 Å². The number of esters is 1. The largest absolute Gasteiger partial charge is 0.466 e. The van der Waals surface area contributed by atoms with E-state index >= 15 is 0 Å². The number of aromatic amines is 1. The zero-order valence-electron chi connectivity index (χ0n) is 18.4. The number of hydrazone groups is 1. The van der Waals surface area contributed by atoms with Crippen molar-refractivity contribution in [3.8, 4) is 0 Å². The van der Waals surface area contributed by atoms with Crippen molar-refractivity contribution in [3.63, 3.8) is 0 Å². The number of para-hydroxylation sites is 1. The van der Waals surface area contributed by atoms with E-state index in [-0.39, 0.29) is 12.3 Å². The molecular weight excluding hydrogens is 465 g/mol. The molecule has 1 fully saturated rings. The lowest BCUT2D eigenvalue weighted by Crippen LogP contribution is -2.24. The monoisotopic (exact) mass is 486 g/mol. The molecule has 0 unspecified atom stereocenters. The highest BCUT2D eigenvalue weighted by Gasteiger charge is 2.63. The lowest BCUT2D eigenvalue weighted by molar-refractivity contribution is -0.146. The molecule has 8 nitrogen and oxygen atoms in total. The van der Waals surface area contributed by atoms with E-state index in [4.69, 9.17) is 4.74 Å². The average Bonchev–Trinajstić information content (AvgIpc) is 3.46. The summed E-state index contributed by atoms with van der Waals surface area (Å²) in [5, 5.41) is 7.17. The summed E-state index contributed by atoms with van der Waals surface area (Å²) in [6.07, 6.45) is -1.45. The zero-order valence-corrected chi connectivity index (χ0v) is 18.4. The molecular formula is C24H21F3N4O4. The van der Waals surface area contributed by atoms with Crippen molar-refractivity contribution in [2.75, 3.05) is 11.9 Å². The van der Waals surface area contributed by atoms with Gasteiger partial charge < -0.3 is 15.0 Å². The highest BCUT2D eigenvalue weighted by molar-refractivity contribution is 6.05. The Morgan fingerprint density at radius 2 is 1.80 bits per heavy atom. The molecule has 0 radical (unpaired) electrons. The maximum absolute atomic E-state index is 13.0. The third-order valence-electron chi connectivity index (χ3n) is 5.64. The molecule has 4 rings (SSSR count). The number of H-pyrrole nitrogens is 1. The molecule has 3 N–H and O–H groups in total. The SMILES string of the molecule is CCOC(=O)[C@@H]1[C@H](C(=O)N/N=C/c2c[nH]c3ccccc23)[C@H]1C(=O)Nc1cccc(C(F)(F)F)c1. The number of ether oxygens (including phenoxy) is 1. The first-order valence-electron chi connectivity index (χ1n) is 10.7. The molecule has 1 aliphatic rings. The summed E-state index contributed by atoms with van der Waals surface area (Å²) in [6, 6.07) is 11.6. The molecule has 11 heteroatoms. The van der Waals surface area contributed by atoms with Crippen LogP contribution in [-0.2, 0) is 25.3 Å². The predicted octanol–water partition coefficient (Wildman–Crippen LogP) is 3.70. The van der Waals surface area contributed by atoms with Crippen molar-refractivity contribution in [1.82, 2.24) is 10.4 Å². The summed E-state index contributed by atoms with van der Waals surface area (Å²) in [5.41, 5.74) is 2.90. The van der Waals surface area contributed by atoms with Gasteiger partial charge in [0, 0.05) is 28.4 Å². The van der Waals surface area contributed by atoms with E-state index in [1.165, 1.54) is 12.3 Å². The first-order valence-corrected chi connectivity index (χ1v) is 10.7. The van der Waals surface area contributed by atoms with E-state index in [1.807, 2.05) is 24.3 Å². The molecule has 0 spiro atoms. The zero-order chi connectivity index (χ0) is 25.2. The number of hydrogen-bond donors (Lipinski definition) is 3. The fourth-order valence-electron chi connectivity index (χ4n) is 3.93. The van der Waals surface area contributed by atoms with E-state index in [0.29, 0.717) is 0 Å². The molecule has 2 amide bonds. The third-order valence-corrected chi connectivity index (χ3v) is 5.64. The molecule has 2 aromatic carbocycles. The van der Waals surface area contributed by atoms with E-state index in [2.05, 4.69) is 20.8 Å². The molecule has 0 aliphatic heterocycles. The van der Waals surface area contributed by atoms with Crippen molar-refractivity contribution in [2.24, 2.45) is 22.9 Å². The highest BCUT2D eigenvalue weighted by Crippen LogP contribution is 2.48. The molecule has 1 heterocycles. The van der Waals surface area contributed by atoms with E-state index in [0.717, 1.165) is 34.7 Å². The maximum Gasteiger partial charge on any atom is 0.416 e. The van der Waals surface area contributed by atoms with Gasteiger partial charge in [-0.15, -0.1) is 0 Å². The third kappa shape index (κ3) is 5.18. The molecule has 35 heavy (non-hydrogen) atoms. The second-order valence-electron chi connectivity index (χ2n) is 7.92. The summed E-state index contributed by atoms with van der Waals surface area (Å²) in [7, 11) is 0. The minimum atomic E-state index is -4.58. The molecule has 182 valence electrons. The van der Waals surface area contributed by atoms with Crippen LogP contribution in [0.3, 0.4) is 0 Å². The van der Waals surface area contributed by atoms with Crippen molar-refractivity contribution in [2.45, 2.75) is 13.1 Å². The van der Waals surface area contributed by atoms with Gasteiger partial charge in [0.1, 0.15) is 0 Å². The fraction of sp³-hybridized carbons (Fsp3) is 0.250. The lowest BCUT2D eigenvalue weighted by atomic mass is 10.2. The predicted molar refractivity (Wildman–Crippen MR) is 121 cm³/mol. The first kappa shape index (κ1) is 24.0. The van der Waals surface area contributed by atoms with Crippen molar-refractivity contribution < 1.29 is 32.3 Å². The van der Waals surface area contributed by atoms with E-state index in [9.17, 15) is 27.6 Å². The smallest absolute Gasteiger partial charge is 0.416 e. The van der Waals surface area contributed by atoms with Gasteiger partial charge in [-0.2, -0.15) is 18.3 Å². The summed E-state index contributed by atoms with van der Waals surface area (Å²) in [6.45, 7) is 1.63. The molecule has 0 bridgehead atoms. The lowest BCUT2D eigenvalue weighted by Gasteiger charge is -2.10. The first-order chi connectivity index (χ1) is 16.7. The normalized spacial score (nSPS) is 19.5. The number of halogens is 3. The van der Waals surface area contributed by atoms with Crippen LogP contribution < -0.4 is 10.7 Å². The Labute approximate surface area is 197 Å². The average molecular weight is 486 g/mol. The highest BCUT2D eigenvalue weighted by atomic mass is 19.4. The Morgan fingerprint density at radius 1 is 1.06 bits per heavy atom. The van der Waals surface area contributed by atoms with Gasteiger partial charge >= 0.3 is 12.1 Å². The van der Waals surface area contributed by atoms with Crippen LogP contribution in [0.25, 0.3) is 10.9 Å². The quantitative estimate of drug-likeness (QED) is 0.269. The van der Waals surface area contributed by atoms with Gasteiger partial charge in [0.2, 0.25) is 11.8 Å². The van der Waals surface area contributed by atoms with Crippen LogP contribution >= 0.6 is 0 Å². The number of benzene rings is 2. The minimum Gasteiger partial charge on any atom is -0.466 e. The van der Waals surface area contributed by atoms with E-state index in [1.54, 1.807) is 13.1 Å². The van der Waals surface area contributed by atoms with Gasteiger partial charge in [-0.1, -0.05) is 24.3 Å². The second-order valence-corrected chi connectivity index (χ2v) is 7.92. The number of carbonyl (C=O) groups is 3. The van der Waals surface area contributed by atoms with Crippen molar-refractivity contribution in [1.29, 1.82) is 0 Å². The van der Waals surface area contributed by atoms with Crippen LogP contribution in [0.4, 0.5) is 18.9 Å². The Balaban J connectivity index is 1.46. The number of amides is 2. The number of anilines is 1. The maximum atomic E-state index is 13.0. The van der Waals surface area contributed by atoms with Crippen LogP contribution in [0.5, 0.6) is 0 Å². The Bertz CT molecular complexity index is 1300.